The van der Waals surface area contributed by atoms with Gasteiger partial charge in [-0.2, -0.15) is 5.10 Å². The fraction of sp³-hybridized carbons (Fsp3) is 0.143. The summed E-state index contributed by atoms with van der Waals surface area (Å²) in [6, 6.07) is 18.0. The molecular weight excluding hydrogens is 328 g/mol. The van der Waals surface area contributed by atoms with E-state index in [0.717, 1.165) is 16.8 Å². The predicted molar refractivity (Wildman–Crippen MR) is 98.1 cm³/mol. The summed E-state index contributed by atoms with van der Waals surface area (Å²) in [5.41, 5.74) is 3.59. The second-order valence-corrected chi connectivity index (χ2v) is 6.32. The second-order valence-electron chi connectivity index (χ2n) is 6.32. The van der Waals surface area contributed by atoms with E-state index in [4.69, 9.17) is 4.42 Å². The van der Waals surface area contributed by atoms with Crippen LogP contribution in [0.25, 0.3) is 0 Å². The van der Waals surface area contributed by atoms with Gasteiger partial charge in [0.05, 0.1) is 18.0 Å². The number of aromatic hydroxyl groups is 1. The third-order valence-electron chi connectivity index (χ3n) is 4.53. The zero-order chi connectivity index (χ0) is 18.1. The van der Waals surface area contributed by atoms with Crippen LogP contribution >= 0.6 is 0 Å². The van der Waals surface area contributed by atoms with Crippen LogP contribution < -0.4 is 0 Å². The fourth-order valence-corrected chi connectivity index (χ4v) is 3.14. The molecule has 5 nitrogen and oxygen atoms in total. The van der Waals surface area contributed by atoms with Crippen LogP contribution in [-0.4, -0.2) is 21.7 Å². The number of carbonyl (C=O) groups is 1. The van der Waals surface area contributed by atoms with E-state index in [0.29, 0.717) is 12.0 Å². The van der Waals surface area contributed by atoms with E-state index < -0.39 is 0 Å². The molecule has 5 heteroatoms. The van der Waals surface area contributed by atoms with Gasteiger partial charge in [-0.1, -0.05) is 48.0 Å². The van der Waals surface area contributed by atoms with Crippen LogP contribution in [0.15, 0.2) is 76.4 Å². The van der Waals surface area contributed by atoms with Gasteiger partial charge in [0.2, 0.25) is 0 Å². The van der Waals surface area contributed by atoms with Crippen LogP contribution in [0.3, 0.4) is 0 Å². The van der Waals surface area contributed by atoms with E-state index in [2.05, 4.69) is 5.10 Å². The first-order valence-electron chi connectivity index (χ1n) is 8.43. The van der Waals surface area contributed by atoms with E-state index in [1.807, 2.05) is 43.3 Å². The molecule has 0 fully saturated rings. The molecule has 0 radical (unpaired) electrons. The number of hydrogen-bond acceptors (Lipinski definition) is 4. The summed E-state index contributed by atoms with van der Waals surface area (Å²) in [4.78, 5) is 12.9. The number of furan rings is 1. The number of phenolic OH excluding ortho intramolecular Hbond substituents is 1. The quantitative estimate of drug-likeness (QED) is 0.769. The Labute approximate surface area is 151 Å². The van der Waals surface area contributed by atoms with Crippen LogP contribution in [0.2, 0.25) is 0 Å². The average Bonchev–Trinajstić information content (AvgIpc) is 3.32. The number of amides is 1. The average molecular weight is 346 g/mol. The van der Waals surface area contributed by atoms with Gasteiger partial charge in [0.25, 0.3) is 0 Å². The number of hydrazone groups is 1. The second kappa shape index (κ2) is 6.52. The molecule has 0 saturated heterocycles. The molecule has 1 aliphatic heterocycles. The first-order chi connectivity index (χ1) is 12.6. The third kappa shape index (κ3) is 2.88. The van der Waals surface area contributed by atoms with E-state index in [-0.39, 0.29) is 23.5 Å². The smallest absolute Gasteiger partial charge is 0.310 e. The molecule has 1 atom stereocenters. The highest BCUT2D eigenvalue weighted by Crippen LogP contribution is 2.37. The van der Waals surface area contributed by atoms with Crippen molar-refractivity contribution in [2.24, 2.45) is 5.10 Å². The molecule has 0 bridgehead atoms. The highest BCUT2D eigenvalue weighted by molar-refractivity contribution is 6.04. The van der Waals surface area contributed by atoms with Gasteiger partial charge in [-0.15, -0.1) is 0 Å². The number of hydrogen-bond donors (Lipinski definition) is 1. The molecule has 2 heterocycles. The van der Waals surface area contributed by atoms with Gasteiger partial charge in [0.1, 0.15) is 5.75 Å². The first-order valence-corrected chi connectivity index (χ1v) is 8.43. The van der Waals surface area contributed by atoms with Gasteiger partial charge in [-0.3, -0.25) is 4.79 Å². The number of benzene rings is 2. The van der Waals surface area contributed by atoms with Crippen molar-refractivity contribution in [1.29, 1.82) is 0 Å². The third-order valence-corrected chi connectivity index (χ3v) is 4.53. The molecule has 26 heavy (non-hydrogen) atoms. The summed E-state index contributed by atoms with van der Waals surface area (Å²) >= 11 is 0. The molecule has 1 aliphatic rings. The van der Waals surface area contributed by atoms with Crippen molar-refractivity contribution >= 4 is 11.6 Å². The molecule has 1 N–H and O–H groups in total. The Kier molecular flexibility index (Phi) is 4.05. The number of rotatable bonds is 3. The number of phenols is 1. The first kappa shape index (κ1) is 16.1. The topological polar surface area (TPSA) is 66.0 Å². The lowest BCUT2D eigenvalue weighted by molar-refractivity contribution is 0.0677. The lowest BCUT2D eigenvalue weighted by Crippen LogP contribution is -2.26. The Morgan fingerprint density at radius 1 is 1.12 bits per heavy atom. The lowest BCUT2D eigenvalue weighted by Gasteiger charge is -2.21. The van der Waals surface area contributed by atoms with Crippen molar-refractivity contribution in [3.05, 3.63) is 89.4 Å². The minimum absolute atomic E-state index is 0.148. The van der Waals surface area contributed by atoms with Crippen molar-refractivity contribution < 1.29 is 14.3 Å². The Hall–Kier alpha value is -3.34. The Bertz CT molecular complexity index is 959. The molecule has 1 amide bonds. The molecule has 130 valence electrons. The monoisotopic (exact) mass is 346 g/mol. The standard InChI is InChI=1S/C21H18N2O3/c1-14-8-10-15(11-9-14)17-13-18(16-5-2-3-6-19(16)24)23(22-17)21(25)20-7-4-12-26-20/h2-12,18,24H,13H2,1H3. The van der Waals surface area contributed by atoms with Crippen LogP contribution in [-0.2, 0) is 0 Å². The number of aryl methyl sites for hydroxylation is 1. The SMILES string of the molecule is Cc1ccc(C2=NN(C(=O)c3ccco3)C(c3ccccc3O)C2)cc1. The molecule has 0 saturated carbocycles. The van der Waals surface area contributed by atoms with Crippen molar-refractivity contribution in [3.8, 4) is 5.75 Å². The summed E-state index contributed by atoms with van der Waals surface area (Å²) in [5.74, 6) is 0.0415. The maximum atomic E-state index is 12.9. The van der Waals surface area contributed by atoms with Gasteiger partial charge >= 0.3 is 5.91 Å². The highest BCUT2D eigenvalue weighted by atomic mass is 16.3. The highest BCUT2D eigenvalue weighted by Gasteiger charge is 2.35. The van der Waals surface area contributed by atoms with Gasteiger partial charge < -0.3 is 9.52 Å². The molecule has 0 aliphatic carbocycles. The molecule has 3 aromatic rings. The summed E-state index contributed by atoms with van der Waals surface area (Å²) in [6.07, 6.45) is 1.98. The van der Waals surface area contributed by atoms with Gasteiger partial charge in [-0.05, 0) is 30.7 Å². The normalized spacial score (nSPS) is 16.6. The zero-order valence-electron chi connectivity index (χ0n) is 14.3. The van der Waals surface area contributed by atoms with E-state index in [1.165, 1.54) is 11.3 Å². The maximum Gasteiger partial charge on any atom is 0.310 e. The molecule has 4 rings (SSSR count). The van der Waals surface area contributed by atoms with Crippen LogP contribution in [0.5, 0.6) is 5.75 Å². The Morgan fingerprint density at radius 3 is 2.58 bits per heavy atom. The van der Waals surface area contributed by atoms with Crippen LogP contribution in [0.4, 0.5) is 0 Å². The molecule has 1 unspecified atom stereocenters. The molecule has 2 aromatic carbocycles. The molecule has 0 spiro atoms. The zero-order valence-corrected chi connectivity index (χ0v) is 14.3. The van der Waals surface area contributed by atoms with Crippen molar-refractivity contribution in [3.63, 3.8) is 0 Å². The van der Waals surface area contributed by atoms with E-state index in [9.17, 15) is 9.90 Å². The Morgan fingerprint density at radius 2 is 1.88 bits per heavy atom. The number of carbonyl (C=O) groups excluding carboxylic acids is 1. The van der Waals surface area contributed by atoms with Crippen LogP contribution in [0, 0.1) is 6.92 Å². The largest absolute Gasteiger partial charge is 0.508 e. The predicted octanol–water partition coefficient (Wildman–Crippen LogP) is 4.29. The van der Waals surface area contributed by atoms with Crippen LogP contribution in [0.1, 0.15) is 39.7 Å². The Balaban J connectivity index is 1.75. The fourth-order valence-electron chi connectivity index (χ4n) is 3.14. The van der Waals surface area contributed by atoms with Gasteiger partial charge in [0.15, 0.2) is 5.76 Å². The minimum atomic E-state index is -0.384. The number of para-hydroxylation sites is 1. The summed E-state index contributed by atoms with van der Waals surface area (Å²) in [6.45, 7) is 2.03. The summed E-state index contributed by atoms with van der Waals surface area (Å²) < 4.78 is 5.26. The summed E-state index contributed by atoms with van der Waals surface area (Å²) in [7, 11) is 0. The van der Waals surface area contributed by atoms with Gasteiger partial charge in [0, 0.05) is 12.0 Å². The maximum absolute atomic E-state index is 12.9. The molecule has 1 aromatic heterocycles. The van der Waals surface area contributed by atoms with E-state index in [1.54, 1.807) is 24.3 Å². The van der Waals surface area contributed by atoms with Crippen molar-refractivity contribution in [2.75, 3.05) is 0 Å². The van der Waals surface area contributed by atoms with E-state index >= 15 is 0 Å². The lowest BCUT2D eigenvalue weighted by atomic mass is 9.97. The van der Waals surface area contributed by atoms with Crippen molar-refractivity contribution in [1.82, 2.24) is 5.01 Å². The summed E-state index contributed by atoms with van der Waals surface area (Å²) in [5, 5.41) is 16.3. The minimum Gasteiger partial charge on any atom is -0.508 e. The molecular formula is C21H18N2O3. The van der Waals surface area contributed by atoms with Crippen molar-refractivity contribution in [2.45, 2.75) is 19.4 Å². The number of nitrogens with zero attached hydrogens (tertiary/aromatic N) is 2. The van der Waals surface area contributed by atoms with Gasteiger partial charge in [-0.25, -0.2) is 5.01 Å².